The largest absolute Gasteiger partial charge is 0.338 e. The lowest BCUT2D eigenvalue weighted by Crippen LogP contribution is -2.01. The second-order valence-electron chi connectivity index (χ2n) is 5.06. The van der Waals surface area contributed by atoms with Gasteiger partial charge in [-0.15, -0.1) is 0 Å². The third-order valence-electron chi connectivity index (χ3n) is 3.55. The lowest BCUT2D eigenvalue weighted by molar-refractivity contribution is 0.900. The number of hydrogen-bond donors (Lipinski definition) is 1. The van der Waals surface area contributed by atoms with Crippen LogP contribution < -0.4 is 5.32 Å². The molecule has 0 saturated heterocycles. The number of benzene rings is 1. The van der Waals surface area contributed by atoms with Crippen molar-refractivity contribution in [1.29, 1.82) is 5.26 Å². The highest BCUT2D eigenvalue weighted by Gasteiger charge is 2.16. The third-order valence-corrected chi connectivity index (χ3v) is 4.21. The number of rotatable bonds is 2. The van der Waals surface area contributed by atoms with Gasteiger partial charge in [-0.25, -0.2) is 4.98 Å². The topological polar surface area (TPSA) is 48.7 Å². The summed E-state index contributed by atoms with van der Waals surface area (Å²) in [5.41, 5.74) is 5.06. The highest BCUT2D eigenvalue weighted by Crippen LogP contribution is 2.30. The summed E-state index contributed by atoms with van der Waals surface area (Å²) in [6.07, 6.45) is 3.17. The minimum atomic E-state index is 0.609. The van der Waals surface area contributed by atoms with Crippen molar-refractivity contribution in [2.75, 3.05) is 5.32 Å². The summed E-state index contributed by atoms with van der Waals surface area (Å²) in [5, 5.41) is 12.6. The van der Waals surface area contributed by atoms with Gasteiger partial charge in [-0.3, -0.25) is 0 Å². The van der Waals surface area contributed by atoms with Gasteiger partial charge in [0.25, 0.3) is 0 Å². The second-order valence-corrected chi connectivity index (χ2v) is 5.92. The van der Waals surface area contributed by atoms with Crippen LogP contribution in [0, 0.1) is 18.3 Å². The first kappa shape index (κ1) is 13.1. The van der Waals surface area contributed by atoms with Gasteiger partial charge in [0.05, 0.1) is 11.3 Å². The molecule has 0 radical (unpaired) electrons. The fraction of sp³-hybridized carbons (Fsp3) is 0.250. The number of anilines is 2. The molecule has 0 saturated carbocycles. The molecule has 20 heavy (non-hydrogen) atoms. The van der Waals surface area contributed by atoms with E-state index in [9.17, 15) is 5.26 Å². The van der Waals surface area contributed by atoms with Crippen LogP contribution in [0.25, 0.3) is 0 Å². The Balaban J connectivity index is 2.00. The number of pyridine rings is 1. The molecule has 0 bridgehead atoms. The first-order valence-corrected chi connectivity index (χ1v) is 7.43. The van der Waals surface area contributed by atoms with Gasteiger partial charge in [0.1, 0.15) is 11.9 Å². The Kier molecular flexibility index (Phi) is 3.45. The zero-order valence-electron chi connectivity index (χ0n) is 11.2. The maximum atomic E-state index is 9.30. The first-order chi connectivity index (χ1) is 9.67. The number of aromatic nitrogens is 1. The Hall–Kier alpha value is -1.86. The van der Waals surface area contributed by atoms with Crippen molar-refractivity contribution in [2.24, 2.45) is 0 Å². The molecule has 0 atom stereocenters. The summed E-state index contributed by atoms with van der Waals surface area (Å²) in [7, 11) is 0. The van der Waals surface area contributed by atoms with Crippen LogP contribution in [0.1, 0.15) is 28.8 Å². The summed E-state index contributed by atoms with van der Waals surface area (Å²) in [6.45, 7) is 2.04. The molecule has 1 heterocycles. The summed E-state index contributed by atoms with van der Waals surface area (Å²) in [5.74, 6) is 0.651. The van der Waals surface area contributed by atoms with Crippen LogP contribution in [-0.4, -0.2) is 4.98 Å². The molecule has 0 fully saturated rings. The van der Waals surface area contributed by atoms with E-state index in [2.05, 4.69) is 32.3 Å². The fourth-order valence-corrected chi connectivity index (χ4v) is 3.09. The van der Waals surface area contributed by atoms with E-state index in [0.29, 0.717) is 11.4 Å². The average molecular weight is 328 g/mol. The Morgan fingerprint density at radius 2 is 2.15 bits per heavy atom. The van der Waals surface area contributed by atoms with E-state index < -0.39 is 0 Å². The van der Waals surface area contributed by atoms with Crippen molar-refractivity contribution in [3.63, 3.8) is 0 Å². The van der Waals surface area contributed by atoms with Crippen LogP contribution in [0.4, 0.5) is 11.5 Å². The number of hydrogen-bond acceptors (Lipinski definition) is 3. The van der Waals surface area contributed by atoms with Gasteiger partial charge in [-0.1, -0.05) is 6.07 Å². The Labute approximate surface area is 126 Å². The molecule has 4 heteroatoms. The SMILES string of the molecule is Cc1ccc(Nc2nc3c(cc2C#N)CCC3)c(Br)c1. The van der Waals surface area contributed by atoms with Gasteiger partial charge in [-0.05, 0) is 71.4 Å². The first-order valence-electron chi connectivity index (χ1n) is 6.63. The molecule has 1 aliphatic carbocycles. The molecule has 100 valence electrons. The predicted octanol–water partition coefficient (Wildman–Crippen LogP) is 4.26. The van der Waals surface area contributed by atoms with Crippen molar-refractivity contribution in [3.8, 4) is 6.07 Å². The monoisotopic (exact) mass is 327 g/mol. The van der Waals surface area contributed by atoms with Gasteiger partial charge in [-0.2, -0.15) is 5.26 Å². The Morgan fingerprint density at radius 3 is 2.90 bits per heavy atom. The molecule has 0 unspecified atom stereocenters. The zero-order valence-corrected chi connectivity index (χ0v) is 12.8. The minimum Gasteiger partial charge on any atom is -0.338 e. The van der Waals surface area contributed by atoms with Crippen molar-refractivity contribution in [2.45, 2.75) is 26.2 Å². The third kappa shape index (κ3) is 2.41. The molecular weight excluding hydrogens is 314 g/mol. The molecule has 0 amide bonds. The van der Waals surface area contributed by atoms with Crippen molar-refractivity contribution >= 4 is 27.4 Å². The molecule has 0 aliphatic heterocycles. The number of nitrogens with one attached hydrogen (secondary N) is 1. The van der Waals surface area contributed by atoms with Gasteiger partial charge < -0.3 is 5.32 Å². The van der Waals surface area contributed by atoms with Crippen molar-refractivity contribution in [3.05, 3.63) is 51.1 Å². The molecular formula is C16H14BrN3. The summed E-state index contributed by atoms with van der Waals surface area (Å²) < 4.78 is 0.976. The predicted molar refractivity (Wildman–Crippen MR) is 83.1 cm³/mol. The smallest absolute Gasteiger partial charge is 0.148 e. The van der Waals surface area contributed by atoms with Crippen LogP contribution in [0.15, 0.2) is 28.7 Å². The number of nitriles is 1. The Morgan fingerprint density at radius 1 is 1.30 bits per heavy atom. The molecule has 1 aliphatic rings. The lowest BCUT2D eigenvalue weighted by Gasteiger charge is -2.11. The summed E-state index contributed by atoms with van der Waals surface area (Å²) in [4.78, 5) is 4.63. The number of fused-ring (bicyclic) bond motifs is 1. The normalized spacial score (nSPS) is 12.8. The van der Waals surface area contributed by atoms with Gasteiger partial charge in [0.2, 0.25) is 0 Å². The average Bonchev–Trinajstić information content (AvgIpc) is 2.88. The molecule has 2 aromatic rings. The summed E-state index contributed by atoms with van der Waals surface area (Å²) >= 11 is 3.54. The molecule has 3 rings (SSSR count). The van der Waals surface area contributed by atoms with Crippen LogP contribution in [0.2, 0.25) is 0 Å². The van der Waals surface area contributed by atoms with Gasteiger partial charge in [0, 0.05) is 10.2 Å². The standard InChI is InChI=1S/C16H14BrN3/c1-10-5-6-15(13(17)7-10)20-16-12(9-18)8-11-3-2-4-14(11)19-16/h5-8H,2-4H2,1H3,(H,19,20). The molecule has 3 nitrogen and oxygen atoms in total. The maximum absolute atomic E-state index is 9.30. The fourth-order valence-electron chi connectivity index (χ4n) is 2.50. The Bertz CT molecular complexity index is 716. The van der Waals surface area contributed by atoms with E-state index in [1.54, 1.807) is 0 Å². The van der Waals surface area contributed by atoms with Gasteiger partial charge in [0.15, 0.2) is 0 Å². The van der Waals surface area contributed by atoms with E-state index in [-0.39, 0.29) is 0 Å². The van der Waals surface area contributed by atoms with Crippen LogP contribution in [-0.2, 0) is 12.8 Å². The van der Waals surface area contributed by atoms with Crippen molar-refractivity contribution < 1.29 is 0 Å². The van der Waals surface area contributed by atoms with E-state index in [0.717, 1.165) is 35.1 Å². The highest BCUT2D eigenvalue weighted by molar-refractivity contribution is 9.10. The van der Waals surface area contributed by atoms with E-state index in [4.69, 9.17) is 0 Å². The zero-order chi connectivity index (χ0) is 14.1. The molecule has 1 N–H and O–H groups in total. The second kappa shape index (κ2) is 5.26. The van der Waals surface area contributed by atoms with Crippen LogP contribution >= 0.6 is 15.9 Å². The van der Waals surface area contributed by atoms with Crippen LogP contribution in [0.5, 0.6) is 0 Å². The highest BCUT2D eigenvalue weighted by atomic mass is 79.9. The number of halogens is 1. The lowest BCUT2D eigenvalue weighted by atomic mass is 10.1. The van der Waals surface area contributed by atoms with Crippen LogP contribution in [0.3, 0.4) is 0 Å². The minimum absolute atomic E-state index is 0.609. The maximum Gasteiger partial charge on any atom is 0.148 e. The molecule has 1 aromatic carbocycles. The molecule has 1 aromatic heterocycles. The molecule has 0 spiro atoms. The van der Waals surface area contributed by atoms with E-state index >= 15 is 0 Å². The number of aryl methyl sites for hydroxylation is 3. The summed E-state index contributed by atoms with van der Waals surface area (Å²) in [6, 6.07) is 10.3. The number of nitrogens with zero attached hydrogens (tertiary/aromatic N) is 2. The van der Waals surface area contributed by atoms with E-state index in [1.165, 1.54) is 11.1 Å². The van der Waals surface area contributed by atoms with Crippen molar-refractivity contribution in [1.82, 2.24) is 4.98 Å². The quantitative estimate of drug-likeness (QED) is 0.896. The van der Waals surface area contributed by atoms with Gasteiger partial charge >= 0.3 is 0 Å². The van der Waals surface area contributed by atoms with E-state index in [1.807, 2.05) is 31.2 Å².